The van der Waals surface area contributed by atoms with Crippen molar-refractivity contribution < 1.29 is 0 Å². The van der Waals surface area contributed by atoms with Gasteiger partial charge in [-0.2, -0.15) is 0 Å². The zero-order valence-electron chi connectivity index (χ0n) is 11.7. The Morgan fingerprint density at radius 1 is 1.17 bits per heavy atom. The summed E-state index contributed by atoms with van der Waals surface area (Å²) in [5.74, 6) is 3.08. The molecule has 2 saturated carbocycles. The molecule has 0 aromatic heterocycles. The highest BCUT2D eigenvalue weighted by Crippen LogP contribution is 2.47. The maximum Gasteiger partial charge on any atom is 0.0208 e. The molecular weight excluding hydrogens is 218 g/mol. The summed E-state index contributed by atoms with van der Waals surface area (Å²) in [6.45, 7) is 6.67. The monoisotopic (exact) mass is 243 g/mol. The van der Waals surface area contributed by atoms with Gasteiger partial charge in [-0.15, -0.1) is 0 Å². The maximum absolute atomic E-state index is 3.70. The Balaban J connectivity index is 1.51. The van der Waals surface area contributed by atoms with E-state index >= 15 is 0 Å². The Kier molecular flexibility index (Phi) is 3.43. The predicted molar refractivity (Wildman–Crippen MR) is 76.6 cm³/mol. The van der Waals surface area contributed by atoms with Gasteiger partial charge in [0.15, 0.2) is 0 Å². The molecule has 0 spiro atoms. The average Bonchev–Trinajstić information content (AvgIpc) is 2.96. The van der Waals surface area contributed by atoms with E-state index in [9.17, 15) is 0 Å². The van der Waals surface area contributed by atoms with Gasteiger partial charge < -0.3 is 5.32 Å². The first-order chi connectivity index (χ1) is 8.72. The second-order valence-electron chi connectivity index (χ2n) is 6.50. The first-order valence-corrected chi connectivity index (χ1v) is 7.49. The summed E-state index contributed by atoms with van der Waals surface area (Å²) in [6, 6.07) is 6.77. The van der Waals surface area contributed by atoms with Gasteiger partial charge in [0.05, 0.1) is 0 Å². The summed E-state index contributed by atoms with van der Waals surface area (Å²) in [5.41, 5.74) is 4.26. The quantitative estimate of drug-likeness (QED) is 0.847. The van der Waals surface area contributed by atoms with Gasteiger partial charge in [0.1, 0.15) is 0 Å². The standard InChI is InChI=1S/C17H25N/c1-12-3-4-13(2)16(7-12)10-18-11-17-9-14-5-6-15(17)8-14/h3-4,7,14-15,17-18H,5-6,8-11H2,1-2H3. The van der Waals surface area contributed by atoms with Crippen LogP contribution in [0.15, 0.2) is 18.2 Å². The summed E-state index contributed by atoms with van der Waals surface area (Å²) in [7, 11) is 0. The van der Waals surface area contributed by atoms with Crippen LogP contribution in [0.2, 0.25) is 0 Å². The minimum absolute atomic E-state index is 0.967. The van der Waals surface area contributed by atoms with Gasteiger partial charge in [-0.25, -0.2) is 0 Å². The van der Waals surface area contributed by atoms with E-state index < -0.39 is 0 Å². The van der Waals surface area contributed by atoms with Crippen LogP contribution in [0.1, 0.15) is 42.4 Å². The molecule has 98 valence electrons. The highest BCUT2D eigenvalue weighted by atomic mass is 14.9. The van der Waals surface area contributed by atoms with Crippen LogP contribution in [-0.2, 0) is 6.54 Å². The summed E-state index contributed by atoms with van der Waals surface area (Å²) >= 11 is 0. The number of rotatable bonds is 4. The van der Waals surface area contributed by atoms with Crippen LogP contribution < -0.4 is 5.32 Å². The second-order valence-corrected chi connectivity index (χ2v) is 6.50. The molecule has 3 rings (SSSR count). The smallest absolute Gasteiger partial charge is 0.0208 e. The largest absolute Gasteiger partial charge is 0.312 e. The third-order valence-corrected chi connectivity index (χ3v) is 5.11. The van der Waals surface area contributed by atoms with Crippen LogP contribution in [0.3, 0.4) is 0 Å². The molecule has 1 aromatic carbocycles. The highest BCUT2D eigenvalue weighted by Gasteiger charge is 2.38. The molecule has 0 aliphatic heterocycles. The van der Waals surface area contributed by atoms with Crippen molar-refractivity contribution in [1.29, 1.82) is 0 Å². The van der Waals surface area contributed by atoms with E-state index in [1.165, 1.54) is 48.9 Å². The van der Waals surface area contributed by atoms with Gasteiger partial charge >= 0.3 is 0 Å². The molecule has 0 heterocycles. The van der Waals surface area contributed by atoms with Gasteiger partial charge in [0.25, 0.3) is 0 Å². The van der Waals surface area contributed by atoms with Crippen molar-refractivity contribution in [3.63, 3.8) is 0 Å². The topological polar surface area (TPSA) is 12.0 Å². The van der Waals surface area contributed by atoms with Gasteiger partial charge in [0, 0.05) is 6.54 Å². The van der Waals surface area contributed by atoms with Gasteiger partial charge in [-0.05, 0) is 68.5 Å². The Morgan fingerprint density at radius 2 is 2.06 bits per heavy atom. The minimum Gasteiger partial charge on any atom is -0.312 e. The summed E-state index contributed by atoms with van der Waals surface area (Å²) in [6.07, 6.45) is 6.03. The molecule has 0 saturated heterocycles. The van der Waals surface area contributed by atoms with Gasteiger partial charge in [-0.3, -0.25) is 0 Å². The lowest BCUT2D eigenvalue weighted by Gasteiger charge is -2.22. The average molecular weight is 243 g/mol. The zero-order valence-corrected chi connectivity index (χ0v) is 11.7. The zero-order chi connectivity index (χ0) is 12.5. The highest BCUT2D eigenvalue weighted by molar-refractivity contribution is 5.30. The number of fused-ring (bicyclic) bond motifs is 2. The van der Waals surface area contributed by atoms with Crippen LogP contribution in [0.25, 0.3) is 0 Å². The molecule has 1 nitrogen and oxygen atoms in total. The molecule has 2 fully saturated rings. The van der Waals surface area contributed by atoms with E-state index in [0.717, 1.165) is 24.3 Å². The number of benzene rings is 1. The molecule has 3 atom stereocenters. The fraction of sp³-hybridized carbons (Fsp3) is 0.647. The molecule has 0 radical (unpaired) electrons. The fourth-order valence-corrected chi connectivity index (χ4v) is 4.01. The van der Waals surface area contributed by atoms with Crippen molar-refractivity contribution in [3.8, 4) is 0 Å². The lowest BCUT2D eigenvalue weighted by molar-refractivity contribution is 0.318. The van der Waals surface area contributed by atoms with Crippen LogP contribution in [-0.4, -0.2) is 6.54 Å². The lowest BCUT2D eigenvalue weighted by atomic mass is 9.89. The maximum atomic E-state index is 3.70. The van der Waals surface area contributed by atoms with Crippen LogP contribution in [0.5, 0.6) is 0 Å². The van der Waals surface area contributed by atoms with E-state index in [0.29, 0.717) is 0 Å². The van der Waals surface area contributed by atoms with E-state index in [1.807, 2.05) is 0 Å². The van der Waals surface area contributed by atoms with Crippen molar-refractivity contribution in [2.24, 2.45) is 17.8 Å². The molecule has 0 amide bonds. The first kappa shape index (κ1) is 12.2. The van der Waals surface area contributed by atoms with E-state index in [-0.39, 0.29) is 0 Å². The summed E-state index contributed by atoms with van der Waals surface area (Å²) < 4.78 is 0. The Morgan fingerprint density at radius 3 is 2.78 bits per heavy atom. The molecule has 2 aliphatic rings. The third kappa shape index (κ3) is 2.47. The lowest BCUT2D eigenvalue weighted by Crippen LogP contribution is -2.26. The number of nitrogens with one attached hydrogen (secondary N) is 1. The first-order valence-electron chi connectivity index (χ1n) is 7.49. The van der Waals surface area contributed by atoms with Gasteiger partial charge in [-0.1, -0.05) is 30.2 Å². The Bertz CT molecular complexity index is 424. The molecule has 18 heavy (non-hydrogen) atoms. The van der Waals surface area contributed by atoms with Crippen LogP contribution >= 0.6 is 0 Å². The molecular formula is C17H25N. The van der Waals surface area contributed by atoms with Crippen molar-refractivity contribution >= 4 is 0 Å². The third-order valence-electron chi connectivity index (χ3n) is 5.11. The Labute approximate surface area is 111 Å². The van der Waals surface area contributed by atoms with Gasteiger partial charge in [0.2, 0.25) is 0 Å². The van der Waals surface area contributed by atoms with Crippen molar-refractivity contribution in [2.75, 3.05) is 6.54 Å². The minimum atomic E-state index is 0.967. The van der Waals surface area contributed by atoms with Crippen molar-refractivity contribution in [1.82, 2.24) is 5.32 Å². The normalized spacial score (nSPS) is 30.0. The molecule has 1 heteroatoms. The molecule has 2 aliphatic carbocycles. The fourth-order valence-electron chi connectivity index (χ4n) is 4.01. The van der Waals surface area contributed by atoms with Crippen LogP contribution in [0, 0.1) is 31.6 Å². The van der Waals surface area contributed by atoms with E-state index in [2.05, 4.69) is 37.4 Å². The number of hydrogen-bond donors (Lipinski definition) is 1. The number of hydrogen-bond acceptors (Lipinski definition) is 1. The summed E-state index contributed by atoms with van der Waals surface area (Å²) in [5, 5.41) is 3.70. The van der Waals surface area contributed by atoms with Crippen molar-refractivity contribution in [2.45, 2.75) is 46.1 Å². The molecule has 1 aromatic rings. The SMILES string of the molecule is Cc1ccc(C)c(CNCC2CC3CCC2C3)c1. The second kappa shape index (κ2) is 5.05. The number of aryl methyl sites for hydroxylation is 2. The van der Waals surface area contributed by atoms with E-state index in [4.69, 9.17) is 0 Å². The molecule has 3 unspecified atom stereocenters. The Hall–Kier alpha value is -0.820. The van der Waals surface area contributed by atoms with Crippen molar-refractivity contribution in [3.05, 3.63) is 34.9 Å². The summed E-state index contributed by atoms with van der Waals surface area (Å²) in [4.78, 5) is 0. The molecule has 1 N–H and O–H groups in total. The molecule has 2 bridgehead atoms. The van der Waals surface area contributed by atoms with E-state index in [1.54, 1.807) is 0 Å². The predicted octanol–water partition coefficient (Wildman–Crippen LogP) is 3.83. The van der Waals surface area contributed by atoms with Crippen LogP contribution in [0.4, 0.5) is 0 Å².